The fourth-order valence-corrected chi connectivity index (χ4v) is 3.38. The van der Waals surface area contributed by atoms with E-state index in [1.54, 1.807) is 0 Å². The summed E-state index contributed by atoms with van der Waals surface area (Å²) in [6, 6.07) is 0.317. The Bertz CT molecular complexity index is 504. The number of morpholine rings is 1. The van der Waals surface area contributed by atoms with Crippen LogP contribution in [-0.4, -0.2) is 41.6 Å². The average Bonchev–Trinajstić information content (AvgIpc) is 3.08. The van der Waals surface area contributed by atoms with E-state index in [0.29, 0.717) is 17.4 Å². The van der Waals surface area contributed by atoms with Crippen molar-refractivity contribution in [2.75, 3.05) is 23.7 Å². The first-order valence-corrected chi connectivity index (χ1v) is 7.78. The van der Waals surface area contributed by atoms with Crippen molar-refractivity contribution in [3.8, 4) is 0 Å². The van der Waals surface area contributed by atoms with Gasteiger partial charge in [-0.2, -0.15) is 4.37 Å². The number of nitrogens with one attached hydrogen (secondary N) is 1. The Labute approximate surface area is 122 Å². The zero-order valence-corrected chi connectivity index (χ0v) is 12.6. The second-order valence-electron chi connectivity index (χ2n) is 5.66. The number of hydrogen-bond donors (Lipinski definition) is 2. The number of rotatable bonds is 3. The molecule has 1 aromatic heterocycles. The molecule has 0 spiro atoms. The topological polar surface area (TPSA) is 80.5 Å². The lowest BCUT2D eigenvalue weighted by molar-refractivity contribution is -0.00506. The van der Waals surface area contributed by atoms with Crippen LogP contribution in [0.4, 0.5) is 10.8 Å². The van der Waals surface area contributed by atoms with Crippen LogP contribution >= 0.6 is 11.5 Å². The highest BCUT2D eigenvalue weighted by atomic mass is 32.1. The molecule has 2 aliphatic rings. The molecule has 1 amide bonds. The molecule has 20 heavy (non-hydrogen) atoms. The van der Waals surface area contributed by atoms with E-state index in [4.69, 9.17) is 10.5 Å². The second kappa shape index (κ2) is 5.21. The number of amides is 1. The highest BCUT2D eigenvalue weighted by molar-refractivity contribution is 7.11. The van der Waals surface area contributed by atoms with Crippen molar-refractivity contribution in [1.82, 2.24) is 9.69 Å². The van der Waals surface area contributed by atoms with Gasteiger partial charge in [-0.05, 0) is 38.2 Å². The standard InChI is InChI=1S/C13H20N4O2S/c1-7-5-17(6-8(2)19-7)13-10(11(14)16-20-13)12(18)15-9-3-4-9/h7-9H,3-6H2,1-2H3,(H2,14,16)(H,15,18)/t7-,8+. The van der Waals surface area contributed by atoms with Crippen molar-refractivity contribution in [1.29, 1.82) is 0 Å². The first-order valence-electron chi connectivity index (χ1n) is 7.01. The van der Waals surface area contributed by atoms with Gasteiger partial charge in [-0.1, -0.05) is 0 Å². The van der Waals surface area contributed by atoms with Crippen molar-refractivity contribution in [3.05, 3.63) is 5.56 Å². The molecule has 2 atom stereocenters. The van der Waals surface area contributed by atoms with Gasteiger partial charge in [0.05, 0.1) is 12.2 Å². The summed E-state index contributed by atoms with van der Waals surface area (Å²) in [5.74, 6) is 0.232. The summed E-state index contributed by atoms with van der Waals surface area (Å²) < 4.78 is 9.90. The second-order valence-corrected chi connectivity index (χ2v) is 6.41. The van der Waals surface area contributed by atoms with Gasteiger partial charge in [-0.25, -0.2) is 0 Å². The van der Waals surface area contributed by atoms with Crippen molar-refractivity contribution >= 4 is 28.3 Å². The van der Waals surface area contributed by atoms with E-state index < -0.39 is 0 Å². The maximum atomic E-state index is 12.3. The van der Waals surface area contributed by atoms with E-state index >= 15 is 0 Å². The Balaban J connectivity index is 1.83. The third-order valence-electron chi connectivity index (χ3n) is 3.55. The minimum Gasteiger partial charge on any atom is -0.382 e. The van der Waals surface area contributed by atoms with Crippen LogP contribution in [0.15, 0.2) is 0 Å². The Hall–Kier alpha value is -1.34. The summed E-state index contributed by atoms with van der Waals surface area (Å²) in [6.07, 6.45) is 2.40. The van der Waals surface area contributed by atoms with Crippen LogP contribution in [0.1, 0.15) is 37.0 Å². The molecule has 0 unspecified atom stereocenters. The highest BCUT2D eigenvalue weighted by Crippen LogP contribution is 2.33. The monoisotopic (exact) mass is 296 g/mol. The first kappa shape index (κ1) is 13.6. The van der Waals surface area contributed by atoms with Crippen molar-refractivity contribution in [3.63, 3.8) is 0 Å². The summed E-state index contributed by atoms with van der Waals surface area (Å²) in [7, 11) is 0. The number of anilines is 2. The maximum absolute atomic E-state index is 12.3. The van der Waals surface area contributed by atoms with Gasteiger partial charge in [-0.15, -0.1) is 0 Å². The van der Waals surface area contributed by atoms with Crippen LogP contribution in [0.5, 0.6) is 0 Å². The third-order valence-corrected chi connectivity index (χ3v) is 4.47. The van der Waals surface area contributed by atoms with Crippen LogP contribution in [0.2, 0.25) is 0 Å². The van der Waals surface area contributed by atoms with Crippen molar-refractivity contribution in [2.24, 2.45) is 0 Å². The van der Waals surface area contributed by atoms with Gasteiger partial charge in [0.2, 0.25) is 0 Å². The SMILES string of the molecule is C[C@@H]1CN(c2snc(N)c2C(=O)NC2CC2)C[C@H](C)O1. The molecule has 1 saturated heterocycles. The molecule has 0 bridgehead atoms. The molecule has 1 aliphatic carbocycles. The number of carbonyl (C=O) groups is 1. The van der Waals surface area contributed by atoms with Crippen molar-refractivity contribution in [2.45, 2.75) is 44.9 Å². The molecule has 1 aromatic rings. The van der Waals surface area contributed by atoms with Gasteiger partial charge >= 0.3 is 0 Å². The van der Waals surface area contributed by atoms with E-state index in [1.807, 2.05) is 13.8 Å². The average molecular weight is 296 g/mol. The molecular weight excluding hydrogens is 276 g/mol. The predicted octanol–water partition coefficient (Wildman–Crippen LogP) is 1.23. The minimum absolute atomic E-state index is 0.0967. The van der Waals surface area contributed by atoms with Crippen LogP contribution in [0.3, 0.4) is 0 Å². The van der Waals surface area contributed by atoms with Gasteiger partial charge in [0, 0.05) is 19.1 Å². The van der Waals surface area contributed by atoms with E-state index in [0.717, 1.165) is 30.9 Å². The van der Waals surface area contributed by atoms with Gasteiger partial charge in [0.1, 0.15) is 10.6 Å². The van der Waals surface area contributed by atoms with Crippen LogP contribution < -0.4 is 16.0 Å². The zero-order chi connectivity index (χ0) is 14.3. The lowest BCUT2D eigenvalue weighted by Gasteiger charge is -2.36. The summed E-state index contributed by atoms with van der Waals surface area (Å²) in [5.41, 5.74) is 6.43. The molecule has 110 valence electrons. The molecule has 6 nitrogen and oxygen atoms in total. The molecule has 1 aliphatic heterocycles. The van der Waals surface area contributed by atoms with E-state index in [9.17, 15) is 4.79 Å². The third kappa shape index (κ3) is 2.73. The number of ether oxygens (including phenoxy) is 1. The largest absolute Gasteiger partial charge is 0.382 e. The molecule has 2 fully saturated rings. The van der Waals surface area contributed by atoms with Gasteiger partial charge < -0.3 is 20.7 Å². The summed E-state index contributed by atoms with van der Waals surface area (Å²) in [6.45, 7) is 5.60. The summed E-state index contributed by atoms with van der Waals surface area (Å²) in [4.78, 5) is 14.5. The predicted molar refractivity (Wildman–Crippen MR) is 79.2 cm³/mol. The minimum atomic E-state index is -0.0967. The normalized spacial score (nSPS) is 26.6. The molecule has 1 saturated carbocycles. The van der Waals surface area contributed by atoms with Crippen LogP contribution in [-0.2, 0) is 4.74 Å². The molecule has 0 aromatic carbocycles. The van der Waals surface area contributed by atoms with Crippen LogP contribution in [0.25, 0.3) is 0 Å². The number of nitrogens with zero attached hydrogens (tertiary/aromatic N) is 2. The molecule has 7 heteroatoms. The van der Waals surface area contributed by atoms with Gasteiger partial charge in [-0.3, -0.25) is 4.79 Å². The van der Waals surface area contributed by atoms with Gasteiger partial charge in [0.25, 0.3) is 5.91 Å². The Morgan fingerprint density at radius 1 is 1.40 bits per heavy atom. The molecule has 2 heterocycles. The number of carbonyl (C=O) groups excluding carboxylic acids is 1. The van der Waals surface area contributed by atoms with Gasteiger partial charge in [0.15, 0.2) is 5.82 Å². The Morgan fingerprint density at radius 2 is 2.05 bits per heavy atom. The number of nitrogen functional groups attached to an aromatic ring is 1. The summed E-state index contributed by atoms with van der Waals surface area (Å²) >= 11 is 1.30. The quantitative estimate of drug-likeness (QED) is 0.877. The maximum Gasteiger partial charge on any atom is 0.258 e. The fraction of sp³-hybridized carbons (Fsp3) is 0.692. The summed E-state index contributed by atoms with van der Waals surface area (Å²) in [5, 5.41) is 3.85. The number of nitrogens with two attached hydrogens (primary N) is 1. The Kier molecular flexibility index (Phi) is 3.55. The molecule has 0 radical (unpaired) electrons. The van der Waals surface area contributed by atoms with E-state index in [1.165, 1.54) is 11.5 Å². The van der Waals surface area contributed by atoms with E-state index in [-0.39, 0.29) is 18.1 Å². The lowest BCUT2D eigenvalue weighted by atomic mass is 10.2. The van der Waals surface area contributed by atoms with Crippen LogP contribution in [0, 0.1) is 0 Å². The van der Waals surface area contributed by atoms with E-state index in [2.05, 4.69) is 14.6 Å². The molecule has 3 rings (SSSR count). The fourth-order valence-electron chi connectivity index (χ4n) is 2.55. The molecule has 3 N–H and O–H groups in total. The first-order chi connectivity index (χ1) is 9.54. The molecular formula is C13H20N4O2S. The number of hydrogen-bond acceptors (Lipinski definition) is 6. The lowest BCUT2D eigenvalue weighted by Crippen LogP contribution is -2.46. The Morgan fingerprint density at radius 3 is 2.65 bits per heavy atom. The smallest absolute Gasteiger partial charge is 0.258 e. The zero-order valence-electron chi connectivity index (χ0n) is 11.8. The van der Waals surface area contributed by atoms with Crippen molar-refractivity contribution < 1.29 is 9.53 Å². The highest BCUT2D eigenvalue weighted by Gasteiger charge is 2.31. The number of aromatic nitrogens is 1.